The Morgan fingerprint density at radius 3 is 2.79 bits per heavy atom. The van der Waals surface area contributed by atoms with E-state index in [1.165, 1.54) is 12.5 Å². The molecule has 0 atom stereocenters. The van der Waals surface area contributed by atoms with Crippen molar-refractivity contribution in [2.24, 2.45) is 0 Å². The Labute approximate surface area is 116 Å². The molecule has 0 saturated heterocycles. The second-order valence-electron chi connectivity index (χ2n) is 4.00. The molecule has 8 heteroatoms. The van der Waals surface area contributed by atoms with Gasteiger partial charge in [0.1, 0.15) is 0 Å². The third-order valence-corrected chi connectivity index (χ3v) is 4.02. The van der Waals surface area contributed by atoms with Crippen LogP contribution in [0.15, 0.2) is 29.8 Å². The van der Waals surface area contributed by atoms with E-state index in [9.17, 15) is 8.42 Å². The lowest BCUT2D eigenvalue weighted by Gasteiger charge is -2.07. The number of imidazole rings is 1. The number of anilines is 1. The molecule has 2 aromatic rings. The zero-order valence-corrected chi connectivity index (χ0v) is 12.0. The fourth-order valence-corrected chi connectivity index (χ4v) is 2.69. The van der Waals surface area contributed by atoms with Crippen molar-refractivity contribution in [2.75, 3.05) is 4.72 Å². The van der Waals surface area contributed by atoms with Crippen molar-refractivity contribution >= 4 is 27.3 Å². The molecule has 0 saturated carbocycles. The molecule has 0 aliphatic heterocycles. The van der Waals surface area contributed by atoms with Crippen LogP contribution in [0, 0.1) is 6.92 Å². The average Bonchev–Trinajstić information content (AvgIpc) is 2.83. The fraction of sp³-hybridized carbons (Fsp3) is 0.273. The minimum atomic E-state index is -3.75. The number of hydrogen-bond donors (Lipinski definition) is 1. The van der Waals surface area contributed by atoms with E-state index in [2.05, 4.69) is 14.7 Å². The lowest BCUT2D eigenvalue weighted by atomic mass is 10.3. The van der Waals surface area contributed by atoms with Gasteiger partial charge < -0.3 is 4.57 Å². The number of nitrogens with one attached hydrogen (secondary N) is 1. The van der Waals surface area contributed by atoms with Crippen molar-refractivity contribution in [2.45, 2.75) is 25.4 Å². The summed E-state index contributed by atoms with van der Waals surface area (Å²) in [6.07, 6.45) is 4.48. The predicted octanol–water partition coefficient (Wildman–Crippen LogP) is 2.06. The van der Waals surface area contributed by atoms with Crippen molar-refractivity contribution in [1.29, 1.82) is 0 Å². The van der Waals surface area contributed by atoms with Gasteiger partial charge in [0.2, 0.25) is 0 Å². The van der Waals surface area contributed by atoms with Gasteiger partial charge in [-0.3, -0.25) is 4.72 Å². The summed E-state index contributed by atoms with van der Waals surface area (Å²) in [5, 5.41) is 0.0519. The molecule has 2 rings (SSSR count). The van der Waals surface area contributed by atoms with Crippen molar-refractivity contribution < 1.29 is 8.42 Å². The molecule has 0 fully saturated rings. The summed E-state index contributed by atoms with van der Waals surface area (Å²) in [5.74, 6) is 0. The highest BCUT2D eigenvalue weighted by molar-refractivity contribution is 7.92. The Hall–Kier alpha value is -1.60. The standard InChI is InChI=1S/C11H13ClN4O2S/c1-3-16-6-10(14-7-16)19(17,18)15-9-4-8(2)5-13-11(9)12/h4-7,15H,3H2,1-2H3. The first-order chi connectivity index (χ1) is 8.92. The van der Waals surface area contributed by atoms with Gasteiger partial charge in [-0.2, -0.15) is 8.42 Å². The SMILES string of the molecule is CCn1cnc(S(=O)(=O)Nc2cc(C)cnc2Cl)c1. The summed E-state index contributed by atoms with van der Waals surface area (Å²) in [4.78, 5) is 7.75. The number of halogens is 1. The van der Waals surface area contributed by atoms with E-state index in [0.717, 1.165) is 5.56 Å². The summed E-state index contributed by atoms with van der Waals surface area (Å²) in [6.45, 7) is 4.34. The second kappa shape index (κ2) is 5.18. The van der Waals surface area contributed by atoms with Gasteiger partial charge >= 0.3 is 0 Å². The van der Waals surface area contributed by atoms with Crippen LogP contribution in [0.5, 0.6) is 0 Å². The average molecular weight is 301 g/mol. The number of rotatable bonds is 4. The van der Waals surface area contributed by atoms with E-state index < -0.39 is 10.0 Å². The zero-order chi connectivity index (χ0) is 14.0. The maximum Gasteiger partial charge on any atom is 0.281 e. The van der Waals surface area contributed by atoms with Gasteiger partial charge in [-0.15, -0.1) is 0 Å². The Morgan fingerprint density at radius 1 is 1.42 bits per heavy atom. The van der Waals surface area contributed by atoms with E-state index in [1.807, 2.05) is 6.92 Å². The smallest absolute Gasteiger partial charge is 0.281 e. The van der Waals surface area contributed by atoms with Crippen molar-refractivity contribution in [1.82, 2.24) is 14.5 Å². The van der Waals surface area contributed by atoms with Crippen molar-refractivity contribution in [3.63, 3.8) is 0 Å². The maximum atomic E-state index is 12.1. The largest absolute Gasteiger partial charge is 0.336 e. The van der Waals surface area contributed by atoms with Gasteiger partial charge in [0.15, 0.2) is 10.2 Å². The first kappa shape index (κ1) is 13.8. The molecular weight excluding hydrogens is 288 g/mol. The van der Waals surface area contributed by atoms with Crippen LogP contribution >= 0.6 is 11.6 Å². The molecule has 0 unspecified atom stereocenters. The first-order valence-electron chi connectivity index (χ1n) is 5.59. The quantitative estimate of drug-likeness (QED) is 0.877. The van der Waals surface area contributed by atoms with Crippen LogP contribution in [-0.4, -0.2) is 23.0 Å². The molecule has 0 bridgehead atoms. The highest BCUT2D eigenvalue weighted by Crippen LogP contribution is 2.22. The molecule has 0 aliphatic rings. The molecule has 0 radical (unpaired) electrons. The molecule has 0 aliphatic carbocycles. The Kier molecular flexibility index (Phi) is 3.77. The molecule has 0 spiro atoms. The summed E-state index contributed by atoms with van der Waals surface area (Å²) in [5.41, 5.74) is 1.05. The van der Waals surface area contributed by atoms with Crippen LogP contribution in [0.25, 0.3) is 0 Å². The van der Waals surface area contributed by atoms with E-state index in [4.69, 9.17) is 11.6 Å². The fourth-order valence-electron chi connectivity index (χ4n) is 1.47. The van der Waals surface area contributed by atoms with Gasteiger partial charge in [0.05, 0.1) is 12.0 Å². The summed E-state index contributed by atoms with van der Waals surface area (Å²) >= 11 is 5.86. The first-order valence-corrected chi connectivity index (χ1v) is 7.45. The minimum absolute atomic E-state index is 0.0491. The zero-order valence-electron chi connectivity index (χ0n) is 10.5. The maximum absolute atomic E-state index is 12.1. The predicted molar refractivity (Wildman–Crippen MR) is 72.7 cm³/mol. The normalized spacial score (nSPS) is 11.5. The topological polar surface area (TPSA) is 76.9 Å². The highest BCUT2D eigenvalue weighted by Gasteiger charge is 2.19. The molecule has 19 heavy (non-hydrogen) atoms. The lowest BCUT2D eigenvalue weighted by Crippen LogP contribution is -2.14. The van der Waals surface area contributed by atoms with Crippen LogP contribution in [0.3, 0.4) is 0 Å². The van der Waals surface area contributed by atoms with Gasteiger partial charge in [-0.25, -0.2) is 9.97 Å². The molecular formula is C11H13ClN4O2S. The highest BCUT2D eigenvalue weighted by atomic mass is 35.5. The van der Waals surface area contributed by atoms with E-state index in [1.54, 1.807) is 23.8 Å². The van der Waals surface area contributed by atoms with Crippen molar-refractivity contribution in [3.05, 3.63) is 35.5 Å². The van der Waals surface area contributed by atoms with Crippen LogP contribution in [0.2, 0.25) is 5.15 Å². The van der Waals surface area contributed by atoms with Crippen LogP contribution in [-0.2, 0) is 16.6 Å². The van der Waals surface area contributed by atoms with Gasteiger partial charge in [-0.05, 0) is 25.5 Å². The van der Waals surface area contributed by atoms with Gasteiger partial charge in [0, 0.05) is 18.9 Å². The minimum Gasteiger partial charge on any atom is -0.336 e. The van der Waals surface area contributed by atoms with E-state index in [-0.39, 0.29) is 15.9 Å². The number of aryl methyl sites for hydroxylation is 2. The third-order valence-electron chi connectivity index (χ3n) is 2.47. The molecule has 0 amide bonds. The van der Waals surface area contributed by atoms with Crippen molar-refractivity contribution in [3.8, 4) is 0 Å². The third kappa shape index (κ3) is 3.05. The second-order valence-corrected chi connectivity index (χ2v) is 5.99. The van der Waals surface area contributed by atoms with Gasteiger partial charge in [-0.1, -0.05) is 11.6 Å². The van der Waals surface area contributed by atoms with Crippen LogP contribution in [0.1, 0.15) is 12.5 Å². The molecule has 2 aromatic heterocycles. The number of aromatic nitrogens is 3. The van der Waals surface area contributed by atoms with Crippen LogP contribution in [0.4, 0.5) is 5.69 Å². The molecule has 1 N–H and O–H groups in total. The molecule has 6 nitrogen and oxygen atoms in total. The summed E-state index contributed by atoms with van der Waals surface area (Å²) in [7, 11) is -3.75. The number of pyridine rings is 1. The molecule has 2 heterocycles. The number of sulfonamides is 1. The Bertz CT molecular complexity index is 696. The van der Waals surface area contributed by atoms with E-state index >= 15 is 0 Å². The number of nitrogens with zero attached hydrogens (tertiary/aromatic N) is 3. The lowest BCUT2D eigenvalue weighted by molar-refractivity contribution is 0.598. The van der Waals surface area contributed by atoms with Crippen LogP contribution < -0.4 is 4.72 Å². The van der Waals surface area contributed by atoms with E-state index in [0.29, 0.717) is 6.54 Å². The Balaban J connectivity index is 2.33. The number of hydrogen-bond acceptors (Lipinski definition) is 4. The monoisotopic (exact) mass is 300 g/mol. The van der Waals surface area contributed by atoms with Gasteiger partial charge in [0.25, 0.3) is 10.0 Å². The Morgan fingerprint density at radius 2 is 2.16 bits per heavy atom. The summed E-state index contributed by atoms with van der Waals surface area (Å²) in [6, 6.07) is 1.61. The molecule has 102 valence electrons. The molecule has 0 aromatic carbocycles. The summed E-state index contributed by atoms with van der Waals surface area (Å²) < 4.78 is 28.3.